The first-order valence-electron chi connectivity index (χ1n) is 7.02. The van der Waals surface area contributed by atoms with E-state index in [1.165, 1.54) is 12.1 Å². The van der Waals surface area contributed by atoms with Crippen LogP contribution in [0, 0.1) is 5.82 Å². The second-order valence-corrected chi connectivity index (χ2v) is 5.59. The first kappa shape index (κ1) is 16.1. The molecule has 0 aromatic heterocycles. The summed E-state index contributed by atoms with van der Waals surface area (Å²) in [6.45, 7) is 7.07. The molecule has 1 aromatic rings. The lowest BCUT2D eigenvalue weighted by Gasteiger charge is -2.27. The fourth-order valence-corrected chi connectivity index (χ4v) is 1.93. The third-order valence-corrected chi connectivity index (χ3v) is 3.45. The normalized spacial score (nSPS) is 13.5. The van der Waals surface area contributed by atoms with E-state index in [0.717, 1.165) is 31.4 Å². The molecule has 1 atom stereocenters. The fraction of sp³-hybridized carbons (Fsp3) is 0.625. The maximum Gasteiger partial charge on any atom is 0.123 e. The molecule has 0 saturated heterocycles. The van der Waals surface area contributed by atoms with Gasteiger partial charge >= 0.3 is 0 Å². The van der Waals surface area contributed by atoms with E-state index < -0.39 is 0 Å². The first-order chi connectivity index (χ1) is 8.98. The van der Waals surface area contributed by atoms with E-state index >= 15 is 0 Å². The highest BCUT2D eigenvalue weighted by atomic mass is 19.1. The van der Waals surface area contributed by atoms with Crippen LogP contribution in [0.5, 0.6) is 0 Å². The number of hydrogen-bond acceptors (Lipinski definition) is 2. The summed E-state index contributed by atoms with van der Waals surface area (Å²) in [6, 6.07) is 7.04. The molecule has 0 bridgehead atoms. The lowest BCUT2D eigenvalue weighted by Crippen LogP contribution is -2.38. The van der Waals surface area contributed by atoms with Crippen LogP contribution in [0.1, 0.15) is 51.6 Å². The van der Waals surface area contributed by atoms with Crippen LogP contribution in [0.3, 0.4) is 0 Å². The summed E-state index contributed by atoms with van der Waals surface area (Å²) in [5, 5.41) is 3.53. The molecule has 0 saturated carbocycles. The zero-order chi connectivity index (χ0) is 14.3. The number of rotatable bonds is 8. The minimum atomic E-state index is -0.190. The van der Waals surface area contributed by atoms with Crippen molar-refractivity contribution in [3.8, 4) is 0 Å². The molecule has 0 aliphatic rings. The van der Waals surface area contributed by atoms with Crippen molar-refractivity contribution in [3.05, 3.63) is 35.6 Å². The van der Waals surface area contributed by atoms with Gasteiger partial charge in [-0.3, -0.25) is 0 Å². The first-order valence-corrected chi connectivity index (χ1v) is 7.02. The Bertz CT molecular complexity index is 362. The van der Waals surface area contributed by atoms with Crippen LogP contribution in [0.25, 0.3) is 0 Å². The van der Waals surface area contributed by atoms with Crippen LogP contribution in [0.2, 0.25) is 0 Å². The monoisotopic (exact) mass is 267 g/mol. The third kappa shape index (κ3) is 5.70. The summed E-state index contributed by atoms with van der Waals surface area (Å²) in [5.41, 5.74) is 0.951. The van der Waals surface area contributed by atoms with Crippen molar-refractivity contribution in [1.82, 2.24) is 5.32 Å². The Kier molecular flexibility index (Phi) is 6.46. The molecule has 19 heavy (non-hydrogen) atoms. The second kappa shape index (κ2) is 7.61. The minimum absolute atomic E-state index is 0.185. The Morgan fingerprint density at radius 2 is 1.89 bits per heavy atom. The molecule has 1 aromatic carbocycles. The van der Waals surface area contributed by atoms with Crippen molar-refractivity contribution in [2.45, 2.75) is 51.7 Å². The molecular weight excluding hydrogens is 241 g/mol. The highest BCUT2D eigenvalue weighted by Gasteiger charge is 2.19. The summed E-state index contributed by atoms with van der Waals surface area (Å²) in [4.78, 5) is 0. The molecule has 0 heterocycles. The predicted octanol–water partition coefficient (Wildman–Crippen LogP) is 4.07. The molecule has 108 valence electrons. The Balaban J connectivity index is 2.68. The summed E-state index contributed by atoms with van der Waals surface area (Å²) in [5.74, 6) is -0.185. The van der Waals surface area contributed by atoms with E-state index in [0.29, 0.717) is 0 Å². The number of unbranched alkanes of at least 4 members (excludes halogenated alkanes) is 1. The van der Waals surface area contributed by atoms with Crippen LogP contribution < -0.4 is 5.32 Å². The van der Waals surface area contributed by atoms with E-state index in [1.807, 2.05) is 12.1 Å². The molecule has 1 unspecified atom stereocenters. The van der Waals surface area contributed by atoms with Crippen molar-refractivity contribution < 1.29 is 9.13 Å². The highest BCUT2D eigenvalue weighted by Crippen LogP contribution is 2.21. The number of nitrogens with one attached hydrogen (secondary N) is 1. The van der Waals surface area contributed by atoms with Gasteiger partial charge in [0.25, 0.3) is 0 Å². The summed E-state index contributed by atoms with van der Waals surface area (Å²) in [7, 11) is 1.72. The van der Waals surface area contributed by atoms with E-state index in [1.54, 1.807) is 7.11 Å². The smallest absolute Gasteiger partial charge is 0.123 e. The van der Waals surface area contributed by atoms with Crippen molar-refractivity contribution >= 4 is 0 Å². The van der Waals surface area contributed by atoms with E-state index in [9.17, 15) is 4.39 Å². The van der Waals surface area contributed by atoms with Crippen molar-refractivity contribution in [1.29, 1.82) is 0 Å². The van der Waals surface area contributed by atoms with Crippen molar-refractivity contribution in [3.63, 3.8) is 0 Å². The maximum atomic E-state index is 13.0. The fourth-order valence-electron chi connectivity index (χ4n) is 1.93. The minimum Gasteiger partial charge on any atom is -0.377 e. The van der Waals surface area contributed by atoms with Crippen LogP contribution in [-0.2, 0) is 4.74 Å². The maximum absolute atomic E-state index is 13.0. The average molecular weight is 267 g/mol. The van der Waals surface area contributed by atoms with E-state index in [-0.39, 0.29) is 17.5 Å². The quantitative estimate of drug-likeness (QED) is 0.766. The van der Waals surface area contributed by atoms with Gasteiger partial charge in [-0.05, 0) is 38.0 Å². The van der Waals surface area contributed by atoms with Gasteiger partial charge in [0.2, 0.25) is 0 Å². The van der Waals surface area contributed by atoms with Crippen LogP contribution in [0.4, 0.5) is 4.39 Å². The molecule has 1 N–H and O–H groups in total. The van der Waals surface area contributed by atoms with Gasteiger partial charge in [0.05, 0.1) is 5.60 Å². The SMILES string of the molecule is CCCCC(NCC(C)(C)OC)c1ccc(F)cc1. The standard InChI is InChI=1S/C16H26FNO/c1-5-6-7-15(18-12-16(2,3)19-4)13-8-10-14(17)11-9-13/h8-11,15,18H,5-7,12H2,1-4H3. The van der Waals surface area contributed by atoms with Gasteiger partial charge < -0.3 is 10.1 Å². The van der Waals surface area contributed by atoms with Gasteiger partial charge in [0.15, 0.2) is 0 Å². The Morgan fingerprint density at radius 1 is 1.26 bits per heavy atom. The lowest BCUT2D eigenvalue weighted by molar-refractivity contribution is 0.0207. The molecule has 0 aliphatic carbocycles. The zero-order valence-electron chi connectivity index (χ0n) is 12.5. The largest absolute Gasteiger partial charge is 0.377 e. The molecule has 0 radical (unpaired) electrons. The Morgan fingerprint density at radius 3 is 2.42 bits per heavy atom. The molecule has 2 nitrogen and oxygen atoms in total. The third-order valence-electron chi connectivity index (χ3n) is 3.45. The number of halogens is 1. The molecule has 0 fully saturated rings. The number of methoxy groups -OCH3 is 1. The Labute approximate surface area is 116 Å². The average Bonchev–Trinajstić information content (AvgIpc) is 2.40. The van der Waals surface area contributed by atoms with Gasteiger partial charge in [0, 0.05) is 19.7 Å². The molecule has 1 rings (SSSR count). The molecule has 3 heteroatoms. The zero-order valence-corrected chi connectivity index (χ0v) is 12.5. The van der Waals surface area contributed by atoms with E-state index in [2.05, 4.69) is 26.1 Å². The topological polar surface area (TPSA) is 21.3 Å². The Hall–Kier alpha value is -0.930. The van der Waals surface area contributed by atoms with E-state index in [4.69, 9.17) is 4.74 Å². The summed E-state index contributed by atoms with van der Waals surface area (Å²) >= 11 is 0. The van der Waals surface area contributed by atoms with Gasteiger partial charge in [0.1, 0.15) is 5.82 Å². The number of hydrogen-bond donors (Lipinski definition) is 1. The van der Waals surface area contributed by atoms with Gasteiger partial charge in [-0.25, -0.2) is 4.39 Å². The molecular formula is C16H26FNO. The van der Waals surface area contributed by atoms with Crippen LogP contribution in [-0.4, -0.2) is 19.3 Å². The van der Waals surface area contributed by atoms with Gasteiger partial charge in [-0.15, -0.1) is 0 Å². The predicted molar refractivity (Wildman–Crippen MR) is 77.8 cm³/mol. The van der Waals surface area contributed by atoms with Crippen LogP contribution in [0.15, 0.2) is 24.3 Å². The van der Waals surface area contributed by atoms with Gasteiger partial charge in [-0.1, -0.05) is 31.9 Å². The summed E-state index contributed by atoms with van der Waals surface area (Å²) in [6.07, 6.45) is 3.37. The second-order valence-electron chi connectivity index (χ2n) is 5.59. The number of benzene rings is 1. The van der Waals surface area contributed by atoms with Crippen LogP contribution >= 0.6 is 0 Å². The van der Waals surface area contributed by atoms with Crippen molar-refractivity contribution in [2.75, 3.05) is 13.7 Å². The summed E-state index contributed by atoms with van der Waals surface area (Å²) < 4.78 is 18.4. The highest BCUT2D eigenvalue weighted by molar-refractivity contribution is 5.20. The van der Waals surface area contributed by atoms with Crippen molar-refractivity contribution in [2.24, 2.45) is 0 Å². The molecule has 0 spiro atoms. The number of ether oxygens (including phenoxy) is 1. The molecule has 0 aliphatic heterocycles. The lowest BCUT2D eigenvalue weighted by atomic mass is 10.00. The molecule has 0 amide bonds. The van der Waals surface area contributed by atoms with Gasteiger partial charge in [-0.2, -0.15) is 0 Å².